The molecular formula is C22H24ClN5O2S2. The highest BCUT2D eigenvalue weighted by molar-refractivity contribution is 7.14. The summed E-state index contributed by atoms with van der Waals surface area (Å²) in [5.41, 5.74) is 2.28. The molecule has 0 unspecified atom stereocenters. The molecule has 0 aliphatic carbocycles. The number of anilines is 3. The predicted molar refractivity (Wildman–Crippen MR) is 132 cm³/mol. The Morgan fingerprint density at radius 1 is 1.12 bits per heavy atom. The highest BCUT2D eigenvalue weighted by Gasteiger charge is 2.20. The molecule has 1 aliphatic heterocycles. The lowest BCUT2D eigenvalue weighted by Gasteiger charge is -2.36. The molecule has 0 bridgehead atoms. The molecule has 0 radical (unpaired) electrons. The number of piperazine rings is 1. The standard InChI is InChI=1S/C22H24ClN5O2S2/c1-2-27-7-9-28(10-8-27)18-6-5-15(23)12-17(18)25-20(29)13-16-14-32-22(24-16)26-21(30)19-4-3-11-31-19/h3-6,11-12,14H,2,7-10,13H2,1H3,(H,25,29)(H,24,26,30). The van der Waals surface area contributed by atoms with Crippen LogP contribution in [0.2, 0.25) is 5.02 Å². The van der Waals surface area contributed by atoms with E-state index in [1.54, 1.807) is 17.5 Å². The van der Waals surface area contributed by atoms with E-state index in [1.807, 2.05) is 23.6 Å². The molecule has 2 aromatic heterocycles. The van der Waals surface area contributed by atoms with Crippen molar-refractivity contribution >= 4 is 62.6 Å². The summed E-state index contributed by atoms with van der Waals surface area (Å²) < 4.78 is 0. The minimum Gasteiger partial charge on any atom is -0.367 e. The van der Waals surface area contributed by atoms with Crippen molar-refractivity contribution in [2.24, 2.45) is 0 Å². The molecule has 2 N–H and O–H groups in total. The lowest BCUT2D eigenvalue weighted by atomic mass is 10.2. The van der Waals surface area contributed by atoms with Crippen molar-refractivity contribution in [1.29, 1.82) is 0 Å². The summed E-state index contributed by atoms with van der Waals surface area (Å²) in [5.74, 6) is -0.376. The van der Waals surface area contributed by atoms with Crippen LogP contribution < -0.4 is 15.5 Å². The van der Waals surface area contributed by atoms with Crippen LogP contribution in [-0.4, -0.2) is 54.4 Å². The Labute approximate surface area is 200 Å². The Balaban J connectivity index is 1.39. The van der Waals surface area contributed by atoms with E-state index < -0.39 is 0 Å². The van der Waals surface area contributed by atoms with Crippen molar-refractivity contribution in [3.05, 3.63) is 56.7 Å². The lowest BCUT2D eigenvalue weighted by molar-refractivity contribution is -0.115. The summed E-state index contributed by atoms with van der Waals surface area (Å²) in [5, 5.41) is 10.4. The fourth-order valence-electron chi connectivity index (χ4n) is 3.56. The zero-order chi connectivity index (χ0) is 22.5. The van der Waals surface area contributed by atoms with Crippen LogP contribution in [0, 0.1) is 0 Å². The van der Waals surface area contributed by atoms with Gasteiger partial charge in [0, 0.05) is 36.6 Å². The predicted octanol–water partition coefficient (Wildman–Crippen LogP) is 4.43. The number of carbonyl (C=O) groups excluding carboxylic acids is 2. The van der Waals surface area contributed by atoms with Crippen LogP contribution in [0.1, 0.15) is 22.3 Å². The van der Waals surface area contributed by atoms with Crippen LogP contribution in [0.3, 0.4) is 0 Å². The summed E-state index contributed by atoms with van der Waals surface area (Å²) in [4.78, 5) is 34.6. The number of halogens is 1. The number of hydrogen-bond donors (Lipinski definition) is 2. The minimum absolute atomic E-state index is 0.112. The minimum atomic E-state index is -0.197. The first kappa shape index (κ1) is 22.7. The van der Waals surface area contributed by atoms with Crippen molar-refractivity contribution in [3.63, 3.8) is 0 Å². The number of thiophene rings is 1. The molecule has 168 valence electrons. The van der Waals surface area contributed by atoms with E-state index in [2.05, 4.69) is 32.3 Å². The lowest BCUT2D eigenvalue weighted by Crippen LogP contribution is -2.46. The molecule has 1 fully saturated rings. The molecular weight excluding hydrogens is 466 g/mol. The molecule has 32 heavy (non-hydrogen) atoms. The van der Waals surface area contributed by atoms with E-state index in [1.165, 1.54) is 22.7 Å². The Morgan fingerprint density at radius 2 is 1.94 bits per heavy atom. The number of aromatic nitrogens is 1. The maximum Gasteiger partial charge on any atom is 0.267 e. The summed E-state index contributed by atoms with van der Waals surface area (Å²) >= 11 is 8.88. The van der Waals surface area contributed by atoms with Gasteiger partial charge in [-0.1, -0.05) is 24.6 Å². The first-order valence-electron chi connectivity index (χ1n) is 10.4. The molecule has 0 saturated carbocycles. The zero-order valence-electron chi connectivity index (χ0n) is 17.6. The van der Waals surface area contributed by atoms with E-state index in [-0.39, 0.29) is 18.2 Å². The highest BCUT2D eigenvalue weighted by Crippen LogP contribution is 2.30. The molecule has 0 atom stereocenters. The fourth-order valence-corrected chi connectivity index (χ4v) is 5.06. The van der Waals surface area contributed by atoms with E-state index in [9.17, 15) is 9.59 Å². The maximum absolute atomic E-state index is 12.7. The third kappa shape index (κ3) is 5.66. The van der Waals surface area contributed by atoms with Gasteiger partial charge in [-0.2, -0.15) is 0 Å². The number of hydrogen-bond acceptors (Lipinski definition) is 7. The summed E-state index contributed by atoms with van der Waals surface area (Å²) in [6, 6.07) is 9.18. The molecule has 4 rings (SSSR count). The van der Waals surface area contributed by atoms with Crippen LogP contribution in [0.5, 0.6) is 0 Å². The number of rotatable bonds is 7. The van der Waals surface area contributed by atoms with Crippen LogP contribution in [0.4, 0.5) is 16.5 Å². The summed E-state index contributed by atoms with van der Waals surface area (Å²) in [6.07, 6.45) is 0.112. The van der Waals surface area contributed by atoms with Gasteiger partial charge >= 0.3 is 0 Å². The van der Waals surface area contributed by atoms with E-state index in [4.69, 9.17) is 11.6 Å². The topological polar surface area (TPSA) is 77.6 Å². The molecule has 3 aromatic rings. The largest absolute Gasteiger partial charge is 0.367 e. The molecule has 1 saturated heterocycles. The van der Waals surface area contributed by atoms with E-state index >= 15 is 0 Å². The number of nitrogens with zero attached hydrogens (tertiary/aromatic N) is 3. The molecule has 10 heteroatoms. The fraction of sp³-hybridized carbons (Fsp3) is 0.318. The van der Waals surface area contributed by atoms with Gasteiger partial charge in [-0.15, -0.1) is 22.7 Å². The van der Waals surface area contributed by atoms with Gasteiger partial charge in [0.25, 0.3) is 5.91 Å². The number of amides is 2. The number of likely N-dealkylation sites (N-methyl/N-ethyl adjacent to an activating group) is 1. The van der Waals surface area contributed by atoms with Crippen molar-refractivity contribution in [2.45, 2.75) is 13.3 Å². The average molecular weight is 490 g/mol. The van der Waals surface area contributed by atoms with E-state index in [0.29, 0.717) is 26.4 Å². The van der Waals surface area contributed by atoms with Gasteiger partial charge in [0.2, 0.25) is 5.91 Å². The second-order valence-electron chi connectivity index (χ2n) is 7.38. The van der Waals surface area contributed by atoms with E-state index in [0.717, 1.165) is 38.4 Å². The molecule has 3 heterocycles. The van der Waals surface area contributed by atoms with Crippen molar-refractivity contribution in [3.8, 4) is 0 Å². The second kappa shape index (κ2) is 10.4. The smallest absolute Gasteiger partial charge is 0.267 e. The molecule has 1 aliphatic rings. The molecule has 0 spiro atoms. The van der Waals surface area contributed by atoms with Gasteiger partial charge in [-0.25, -0.2) is 4.98 Å². The van der Waals surface area contributed by atoms with Crippen LogP contribution in [0.15, 0.2) is 41.1 Å². The second-order valence-corrected chi connectivity index (χ2v) is 9.63. The van der Waals surface area contributed by atoms with Gasteiger partial charge in [0.1, 0.15) is 0 Å². The Hall–Kier alpha value is -2.46. The SMILES string of the molecule is CCN1CCN(c2ccc(Cl)cc2NC(=O)Cc2csc(NC(=O)c3cccs3)n2)CC1. The monoisotopic (exact) mass is 489 g/mol. The van der Waals surface area contributed by atoms with Crippen molar-refractivity contribution < 1.29 is 9.59 Å². The zero-order valence-corrected chi connectivity index (χ0v) is 20.0. The van der Waals surface area contributed by atoms with Crippen LogP contribution >= 0.6 is 34.3 Å². The number of nitrogens with one attached hydrogen (secondary N) is 2. The van der Waals surface area contributed by atoms with Crippen molar-refractivity contribution in [2.75, 3.05) is 48.3 Å². The molecule has 1 aromatic carbocycles. The van der Waals surface area contributed by atoms with Gasteiger partial charge in [-0.3, -0.25) is 14.9 Å². The Morgan fingerprint density at radius 3 is 2.66 bits per heavy atom. The Kier molecular flexibility index (Phi) is 7.41. The quantitative estimate of drug-likeness (QED) is 0.513. The first-order valence-corrected chi connectivity index (χ1v) is 12.5. The van der Waals surface area contributed by atoms with Gasteiger partial charge in [0.15, 0.2) is 5.13 Å². The number of thiazole rings is 1. The third-order valence-corrected chi connectivity index (χ3v) is 7.16. The first-order chi connectivity index (χ1) is 15.5. The van der Waals surface area contributed by atoms with Crippen LogP contribution in [0.25, 0.3) is 0 Å². The summed E-state index contributed by atoms with van der Waals surface area (Å²) in [6.45, 7) is 6.99. The number of carbonyl (C=O) groups is 2. The molecule has 2 amide bonds. The number of benzene rings is 1. The van der Waals surface area contributed by atoms with Gasteiger partial charge in [0.05, 0.1) is 28.4 Å². The summed E-state index contributed by atoms with van der Waals surface area (Å²) in [7, 11) is 0. The van der Waals surface area contributed by atoms with Gasteiger partial charge in [-0.05, 0) is 36.2 Å². The maximum atomic E-state index is 12.7. The molecule has 7 nitrogen and oxygen atoms in total. The third-order valence-electron chi connectivity index (χ3n) is 5.25. The van der Waals surface area contributed by atoms with Crippen LogP contribution in [-0.2, 0) is 11.2 Å². The highest BCUT2D eigenvalue weighted by atomic mass is 35.5. The van der Waals surface area contributed by atoms with Gasteiger partial charge < -0.3 is 15.1 Å². The normalized spacial score (nSPS) is 14.4. The Bertz CT molecular complexity index is 1080. The van der Waals surface area contributed by atoms with Crippen molar-refractivity contribution in [1.82, 2.24) is 9.88 Å². The average Bonchev–Trinajstić information content (AvgIpc) is 3.46.